The maximum Gasteiger partial charge on any atom is 0.253 e. The smallest absolute Gasteiger partial charge is 0.253 e. The van der Waals surface area contributed by atoms with E-state index in [1.807, 2.05) is 48.5 Å². The minimum atomic E-state index is -0.0230. The van der Waals surface area contributed by atoms with E-state index in [1.54, 1.807) is 0 Å². The Hall–Kier alpha value is -2.92. The number of hydrogen-bond donors (Lipinski definition) is 2. The highest BCUT2D eigenvalue weighted by atomic mass is 16.5. The SMILES string of the molecule is O=C(NC1CCCC1)c1cccc2ccc(-c3cccc(OC4CCNCC4)c3)nc12. The average molecular weight is 416 g/mol. The van der Waals surface area contributed by atoms with E-state index < -0.39 is 0 Å². The van der Waals surface area contributed by atoms with Crippen LogP contribution in [0.1, 0.15) is 48.9 Å². The molecule has 1 saturated heterocycles. The van der Waals surface area contributed by atoms with Gasteiger partial charge in [0.05, 0.1) is 16.8 Å². The van der Waals surface area contributed by atoms with Crippen molar-refractivity contribution in [2.45, 2.75) is 50.7 Å². The fourth-order valence-electron chi connectivity index (χ4n) is 4.66. The van der Waals surface area contributed by atoms with Crippen molar-refractivity contribution in [1.82, 2.24) is 15.6 Å². The van der Waals surface area contributed by atoms with Gasteiger partial charge in [0, 0.05) is 17.0 Å². The minimum absolute atomic E-state index is 0.0230. The zero-order valence-corrected chi connectivity index (χ0v) is 17.8. The Morgan fingerprint density at radius 1 is 0.968 bits per heavy atom. The van der Waals surface area contributed by atoms with Gasteiger partial charge in [0.25, 0.3) is 5.91 Å². The molecule has 0 radical (unpaired) electrons. The lowest BCUT2D eigenvalue weighted by atomic mass is 10.1. The first-order valence-corrected chi connectivity index (χ1v) is 11.4. The quantitative estimate of drug-likeness (QED) is 0.634. The van der Waals surface area contributed by atoms with Crippen LogP contribution in [0.15, 0.2) is 54.6 Å². The van der Waals surface area contributed by atoms with Crippen molar-refractivity contribution in [3.63, 3.8) is 0 Å². The van der Waals surface area contributed by atoms with Crippen LogP contribution in [0.4, 0.5) is 0 Å². The molecule has 5 nitrogen and oxygen atoms in total. The molecular weight excluding hydrogens is 386 g/mol. The van der Waals surface area contributed by atoms with Crippen molar-refractivity contribution in [2.75, 3.05) is 13.1 Å². The van der Waals surface area contributed by atoms with Gasteiger partial charge in [-0.05, 0) is 63.0 Å². The van der Waals surface area contributed by atoms with Gasteiger partial charge >= 0.3 is 0 Å². The van der Waals surface area contributed by atoms with Crippen molar-refractivity contribution >= 4 is 16.8 Å². The van der Waals surface area contributed by atoms with Gasteiger partial charge in [-0.25, -0.2) is 4.98 Å². The van der Waals surface area contributed by atoms with Gasteiger partial charge in [-0.3, -0.25) is 4.79 Å². The lowest BCUT2D eigenvalue weighted by molar-refractivity contribution is 0.0939. The molecule has 1 amide bonds. The fraction of sp³-hybridized carbons (Fsp3) is 0.385. The molecule has 1 aliphatic carbocycles. The number of nitrogens with one attached hydrogen (secondary N) is 2. The summed E-state index contributed by atoms with van der Waals surface area (Å²) in [6, 6.07) is 18.3. The molecule has 2 N–H and O–H groups in total. The number of para-hydroxylation sites is 1. The van der Waals surface area contributed by atoms with E-state index in [2.05, 4.69) is 16.7 Å². The Morgan fingerprint density at radius 2 is 1.77 bits per heavy atom. The first kappa shape index (κ1) is 20.0. The van der Waals surface area contributed by atoms with Crippen LogP contribution >= 0.6 is 0 Å². The summed E-state index contributed by atoms with van der Waals surface area (Å²) in [5.74, 6) is 0.851. The van der Waals surface area contributed by atoms with Crippen LogP contribution in [0.5, 0.6) is 5.75 Å². The van der Waals surface area contributed by atoms with Gasteiger partial charge in [-0.15, -0.1) is 0 Å². The molecule has 31 heavy (non-hydrogen) atoms. The summed E-state index contributed by atoms with van der Waals surface area (Å²) in [4.78, 5) is 17.9. The van der Waals surface area contributed by atoms with Crippen molar-refractivity contribution < 1.29 is 9.53 Å². The van der Waals surface area contributed by atoms with Crippen LogP contribution in [0, 0.1) is 0 Å². The second-order valence-electron chi connectivity index (χ2n) is 8.62. The maximum absolute atomic E-state index is 13.0. The Labute approximate surface area is 183 Å². The molecule has 1 saturated carbocycles. The van der Waals surface area contributed by atoms with Crippen LogP contribution in [-0.2, 0) is 0 Å². The second-order valence-corrected chi connectivity index (χ2v) is 8.62. The number of hydrogen-bond acceptors (Lipinski definition) is 4. The summed E-state index contributed by atoms with van der Waals surface area (Å²) in [6.07, 6.45) is 6.83. The maximum atomic E-state index is 13.0. The van der Waals surface area contributed by atoms with Crippen LogP contribution in [0.25, 0.3) is 22.2 Å². The first-order valence-electron chi connectivity index (χ1n) is 11.4. The molecular formula is C26H29N3O2. The number of aromatic nitrogens is 1. The normalized spacial score (nSPS) is 17.7. The predicted octanol–water partition coefficient (Wildman–Crippen LogP) is 4.71. The third kappa shape index (κ3) is 4.57. The van der Waals surface area contributed by atoms with E-state index in [9.17, 15) is 4.79 Å². The largest absolute Gasteiger partial charge is 0.490 e. The molecule has 1 aliphatic heterocycles. The molecule has 2 aliphatic rings. The van der Waals surface area contributed by atoms with Gasteiger partial charge in [0.1, 0.15) is 11.9 Å². The molecule has 3 aromatic rings. The van der Waals surface area contributed by atoms with Gasteiger partial charge in [-0.2, -0.15) is 0 Å². The summed E-state index contributed by atoms with van der Waals surface area (Å²) in [5, 5.41) is 7.54. The summed E-state index contributed by atoms with van der Waals surface area (Å²) in [7, 11) is 0. The van der Waals surface area contributed by atoms with Gasteiger partial charge in [0.2, 0.25) is 0 Å². The number of benzene rings is 2. The van der Waals surface area contributed by atoms with Crippen LogP contribution < -0.4 is 15.4 Å². The molecule has 0 unspecified atom stereocenters. The van der Waals surface area contributed by atoms with E-state index in [-0.39, 0.29) is 18.1 Å². The zero-order chi connectivity index (χ0) is 21.0. The van der Waals surface area contributed by atoms with Crippen molar-refractivity contribution in [1.29, 1.82) is 0 Å². The number of amides is 1. The number of carbonyl (C=O) groups excluding carboxylic acids is 1. The summed E-state index contributed by atoms with van der Waals surface area (Å²) in [5.41, 5.74) is 3.25. The van der Waals surface area contributed by atoms with Crippen LogP contribution in [0.3, 0.4) is 0 Å². The van der Waals surface area contributed by atoms with Crippen LogP contribution in [0.2, 0.25) is 0 Å². The first-order chi connectivity index (χ1) is 15.3. The van der Waals surface area contributed by atoms with Gasteiger partial charge < -0.3 is 15.4 Å². The number of nitrogens with zero attached hydrogens (tertiary/aromatic N) is 1. The standard InChI is InChI=1S/C26H29N3O2/c30-26(28-20-7-1-2-8-20)23-10-4-5-18-11-12-24(29-25(18)23)19-6-3-9-22(17-19)31-21-13-15-27-16-14-21/h3-6,9-12,17,20-21,27H,1-2,7-8,13-16H2,(H,28,30). The third-order valence-corrected chi connectivity index (χ3v) is 6.37. The highest BCUT2D eigenvalue weighted by Gasteiger charge is 2.20. The molecule has 0 bridgehead atoms. The summed E-state index contributed by atoms with van der Waals surface area (Å²) < 4.78 is 6.21. The number of piperidine rings is 1. The van der Waals surface area contributed by atoms with Crippen molar-refractivity contribution in [3.05, 3.63) is 60.2 Å². The number of carbonyl (C=O) groups is 1. The second kappa shape index (κ2) is 9.06. The van der Waals surface area contributed by atoms with Crippen molar-refractivity contribution in [2.24, 2.45) is 0 Å². The fourth-order valence-corrected chi connectivity index (χ4v) is 4.66. The van der Waals surface area contributed by atoms with E-state index in [1.165, 1.54) is 12.8 Å². The predicted molar refractivity (Wildman–Crippen MR) is 123 cm³/mol. The monoisotopic (exact) mass is 415 g/mol. The molecule has 5 heteroatoms. The summed E-state index contributed by atoms with van der Waals surface area (Å²) in [6.45, 7) is 2.00. The number of pyridine rings is 1. The highest BCUT2D eigenvalue weighted by Crippen LogP contribution is 2.27. The molecule has 2 fully saturated rings. The molecule has 2 heterocycles. The Morgan fingerprint density at radius 3 is 2.61 bits per heavy atom. The number of rotatable bonds is 5. The van der Waals surface area contributed by atoms with E-state index in [0.29, 0.717) is 5.56 Å². The average Bonchev–Trinajstić information content (AvgIpc) is 3.32. The molecule has 160 valence electrons. The molecule has 2 aromatic carbocycles. The Kier molecular flexibility index (Phi) is 5.85. The Balaban J connectivity index is 1.42. The Bertz CT molecular complexity index is 1070. The number of fused-ring (bicyclic) bond motifs is 1. The van der Waals surface area contributed by atoms with Crippen LogP contribution in [-0.4, -0.2) is 36.1 Å². The van der Waals surface area contributed by atoms with E-state index >= 15 is 0 Å². The zero-order valence-electron chi connectivity index (χ0n) is 17.8. The lowest BCUT2D eigenvalue weighted by Gasteiger charge is -2.24. The summed E-state index contributed by atoms with van der Waals surface area (Å²) >= 11 is 0. The topological polar surface area (TPSA) is 63.2 Å². The highest BCUT2D eigenvalue weighted by molar-refractivity contribution is 6.06. The third-order valence-electron chi connectivity index (χ3n) is 6.37. The molecule has 1 aromatic heterocycles. The van der Waals surface area contributed by atoms with Gasteiger partial charge in [-0.1, -0.05) is 43.2 Å². The van der Waals surface area contributed by atoms with Crippen molar-refractivity contribution in [3.8, 4) is 17.0 Å². The minimum Gasteiger partial charge on any atom is -0.490 e. The van der Waals surface area contributed by atoms with Gasteiger partial charge in [0.15, 0.2) is 0 Å². The van der Waals surface area contributed by atoms with E-state index in [0.717, 1.165) is 66.7 Å². The lowest BCUT2D eigenvalue weighted by Crippen LogP contribution is -2.34. The molecule has 0 spiro atoms. The number of ether oxygens (including phenoxy) is 1. The van der Waals surface area contributed by atoms with E-state index in [4.69, 9.17) is 9.72 Å². The molecule has 5 rings (SSSR count). The molecule has 0 atom stereocenters.